The summed E-state index contributed by atoms with van der Waals surface area (Å²) in [6, 6.07) is -0.252. The van der Waals surface area contributed by atoms with Gasteiger partial charge < -0.3 is 10.2 Å². The van der Waals surface area contributed by atoms with Crippen LogP contribution < -0.4 is 5.73 Å². The first-order chi connectivity index (χ1) is 12.0. The number of aryl methyl sites for hydroxylation is 2. The van der Waals surface area contributed by atoms with E-state index in [1.165, 1.54) is 11.3 Å². The summed E-state index contributed by atoms with van der Waals surface area (Å²) in [5.41, 5.74) is 10.3. The predicted octanol–water partition coefficient (Wildman–Crippen LogP) is 4.56. The summed E-state index contributed by atoms with van der Waals surface area (Å²) < 4.78 is 5.84. The minimum atomic E-state index is -0.252. The summed E-state index contributed by atoms with van der Waals surface area (Å²) >= 11 is 1.47. The number of aliphatic imine (C=N–C) groups is 1. The van der Waals surface area contributed by atoms with Crippen LogP contribution in [0.1, 0.15) is 42.1 Å². The van der Waals surface area contributed by atoms with Gasteiger partial charge in [0.15, 0.2) is 0 Å². The van der Waals surface area contributed by atoms with Crippen LogP contribution in [0.3, 0.4) is 0 Å². The molecule has 0 aromatic carbocycles. The predicted molar refractivity (Wildman–Crippen MR) is 103 cm³/mol. The Hall–Kier alpha value is -2.54. The van der Waals surface area contributed by atoms with E-state index in [0.29, 0.717) is 23.9 Å². The lowest BCUT2D eigenvalue weighted by atomic mass is 10.1. The molecule has 0 bridgehead atoms. The van der Waals surface area contributed by atoms with Crippen molar-refractivity contribution in [3.63, 3.8) is 0 Å². The molecular formula is C18H21N5OS. The Bertz CT molecular complexity index is 970. The molecule has 0 spiro atoms. The molecule has 6 nitrogen and oxygen atoms in total. The Morgan fingerprint density at radius 2 is 2.04 bits per heavy atom. The molecule has 1 atom stereocenters. The number of nitrogens with zero attached hydrogens (tertiary/aromatic N) is 4. The van der Waals surface area contributed by atoms with Gasteiger partial charge in [0.1, 0.15) is 15.7 Å². The fourth-order valence-electron chi connectivity index (χ4n) is 2.71. The first kappa shape index (κ1) is 17.3. The van der Waals surface area contributed by atoms with Crippen LogP contribution in [0.5, 0.6) is 0 Å². The van der Waals surface area contributed by atoms with Crippen LogP contribution in [-0.2, 0) is 0 Å². The van der Waals surface area contributed by atoms with Crippen molar-refractivity contribution in [3.05, 3.63) is 34.9 Å². The van der Waals surface area contributed by atoms with Crippen LogP contribution in [0.25, 0.3) is 21.0 Å². The normalized spacial score (nSPS) is 13.0. The van der Waals surface area contributed by atoms with Crippen LogP contribution in [-0.4, -0.2) is 21.9 Å². The van der Waals surface area contributed by atoms with E-state index in [4.69, 9.17) is 10.2 Å². The van der Waals surface area contributed by atoms with Gasteiger partial charge in [-0.1, -0.05) is 12.2 Å². The zero-order chi connectivity index (χ0) is 18.1. The Kier molecular flexibility index (Phi) is 4.67. The number of rotatable bonds is 5. The zero-order valence-electron chi connectivity index (χ0n) is 14.8. The van der Waals surface area contributed by atoms with Gasteiger partial charge in [-0.3, -0.25) is 4.99 Å². The number of hydrogen-bond acceptors (Lipinski definition) is 7. The molecule has 25 heavy (non-hydrogen) atoms. The highest BCUT2D eigenvalue weighted by Crippen LogP contribution is 2.42. The quantitative estimate of drug-likeness (QED) is 0.535. The van der Waals surface area contributed by atoms with Crippen LogP contribution >= 0.6 is 11.3 Å². The molecule has 3 heterocycles. The fraction of sp³-hybridized carbons (Fsp3) is 0.333. The average molecular weight is 355 g/mol. The van der Waals surface area contributed by atoms with Gasteiger partial charge in [-0.15, -0.1) is 21.5 Å². The summed E-state index contributed by atoms with van der Waals surface area (Å²) in [4.78, 5) is 10.4. The maximum absolute atomic E-state index is 6.38. The molecular weight excluding hydrogens is 334 g/mol. The zero-order valence-corrected chi connectivity index (χ0v) is 15.6. The lowest BCUT2D eigenvalue weighted by Gasteiger charge is -2.05. The van der Waals surface area contributed by atoms with Crippen molar-refractivity contribution in [3.8, 4) is 10.8 Å². The molecule has 0 radical (unpaired) electrons. The number of nitrogen functional groups attached to an aromatic ring is 1. The number of nitrogens with two attached hydrogens (primary N) is 1. The van der Waals surface area contributed by atoms with Crippen molar-refractivity contribution in [2.45, 2.75) is 40.2 Å². The monoisotopic (exact) mass is 355 g/mol. The molecule has 2 N–H and O–H groups in total. The number of thiophene rings is 1. The lowest BCUT2D eigenvalue weighted by Crippen LogP contribution is -1.94. The third-order valence-electron chi connectivity index (χ3n) is 4.41. The lowest BCUT2D eigenvalue weighted by molar-refractivity contribution is 0.463. The number of anilines is 1. The topological polar surface area (TPSA) is 90.2 Å². The van der Waals surface area contributed by atoms with E-state index in [2.05, 4.69) is 40.7 Å². The van der Waals surface area contributed by atoms with Gasteiger partial charge in [0.05, 0.1) is 5.69 Å². The Morgan fingerprint density at radius 1 is 1.28 bits per heavy atom. The first-order valence-electron chi connectivity index (χ1n) is 8.04. The molecule has 0 saturated heterocycles. The number of pyridine rings is 1. The number of allylic oxidation sites excluding steroid dienone is 1. The largest absolute Gasteiger partial charge is 0.417 e. The van der Waals surface area contributed by atoms with Gasteiger partial charge in [0, 0.05) is 11.1 Å². The molecule has 130 valence electrons. The summed E-state index contributed by atoms with van der Waals surface area (Å²) in [5.74, 6) is 0.844. The Morgan fingerprint density at radius 3 is 2.72 bits per heavy atom. The molecule has 0 aliphatic heterocycles. The average Bonchev–Trinajstić information content (AvgIpc) is 3.19. The number of hydrogen-bond donors (Lipinski definition) is 1. The summed E-state index contributed by atoms with van der Waals surface area (Å²) in [7, 11) is 0. The van der Waals surface area contributed by atoms with Gasteiger partial charge in [0.25, 0.3) is 5.89 Å². The third kappa shape index (κ3) is 2.95. The highest BCUT2D eigenvalue weighted by atomic mass is 32.1. The van der Waals surface area contributed by atoms with Crippen molar-refractivity contribution in [1.29, 1.82) is 0 Å². The van der Waals surface area contributed by atoms with Gasteiger partial charge >= 0.3 is 0 Å². The first-order valence-corrected chi connectivity index (χ1v) is 8.86. The van der Waals surface area contributed by atoms with E-state index in [1.54, 1.807) is 0 Å². The van der Waals surface area contributed by atoms with Crippen molar-refractivity contribution in [2.75, 3.05) is 5.73 Å². The molecule has 0 aliphatic carbocycles. The van der Waals surface area contributed by atoms with Gasteiger partial charge in [-0.25, -0.2) is 4.98 Å². The molecule has 0 saturated carbocycles. The molecule has 1 unspecified atom stereocenters. The minimum Gasteiger partial charge on any atom is -0.417 e. The molecule has 0 amide bonds. The summed E-state index contributed by atoms with van der Waals surface area (Å²) in [6.07, 6.45) is 4.62. The second kappa shape index (κ2) is 6.76. The molecule has 7 heteroatoms. The standard InChI is InChI=1S/C18H21N5OS/c1-6-7-8-12(20-5)16-22-23-17(24-16)15-14(19)13-10(3)9(2)11(4)21-18(13)25-15/h6-7,12H,5,8,19H2,1-4H3/b7-6-. The number of fused-ring (bicyclic) bond motifs is 1. The van der Waals surface area contributed by atoms with E-state index in [9.17, 15) is 0 Å². The number of aromatic nitrogens is 3. The van der Waals surface area contributed by atoms with E-state index in [0.717, 1.165) is 31.9 Å². The van der Waals surface area contributed by atoms with Gasteiger partial charge in [-0.05, 0) is 52.0 Å². The van der Waals surface area contributed by atoms with E-state index < -0.39 is 0 Å². The van der Waals surface area contributed by atoms with Crippen molar-refractivity contribution < 1.29 is 4.42 Å². The van der Waals surface area contributed by atoms with Gasteiger partial charge in [0.2, 0.25) is 5.89 Å². The van der Waals surface area contributed by atoms with Crippen LogP contribution in [0.15, 0.2) is 21.6 Å². The minimum absolute atomic E-state index is 0.252. The van der Waals surface area contributed by atoms with E-state index >= 15 is 0 Å². The molecule has 3 aromatic heterocycles. The summed E-state index contributed by atoms with van der Waals surface area (Å²) in [6.45, 7) is 11.7. The maximum atomic E-state index is 6.38. The van der Waals surface area contributed by atoms with E-state index in [-0.39, 0.29) is 6.04 Å². The van der Waals surface area contributed by atoms with Gasteiger partial charge in [-0.2, -0.15) is 0 Å². The van der Waals surface area contributed by atoms with Crippen molar-refractivity contribution in [2.24, 2.45) is 4.99 Å². The molecule has 3 rings (SSSR count). The maximum Gasteiger partial charge on any atom is 0.260 e. The Labute approximate surface area is 150 Å². The molecule has 0 aliphatic rings. The third-order valence-corrected chi connectivity index (χ3v) is 5.50. The van der Waals surface area contributed by atoms with Crippen LogP contribution in [0.4, 0.5) is 5.69 Å². The van der Waals surface area contributed by atoms with E-state index in [1.807, 2.05) is 26.0 Å². The smallest absolute Gasteiger partial charge is 0.260 e. The van der Waals surface area contributed by atoms with Crippen molar-refractivity contribution >= 4 is 34.0 Å². The SMILES string of the molecule is C=NC(C/C=C\C)c1nnc(-c2sc3nc(C)c(C)c(C)c3c2N)o1. The van der Waals surface area contributed by atoms with Crippen molar-refractivity contribution in [1.82, 2.24) is 15.2 Å². The second-order valence-corrected chi connectivity index (χ2v) is 6.92. The summed E-state index contributed by atoms with van der Waals surface area (Å²) in [5, 5.41) is 9.27. The fourth-order valence-corrected chi connectivity index (χ4v) is 3.83. The Balaban J connectivity index is 2.07. The molecule has 0 fully saturated rings. The molecule has 3 aromatic rings. The van der Waals surface area contributed by atoms with Crippen LogP contribution in [0.2, 0.25) is 0 Å². The highest BCUT2D eigenvalue weighted by Gasteiger charge is 2.22. The van der Waals surface area contributed by atoms with Crippen LogP contribution in [0, 0.1) is 20.8 Å². The second-order valence-electron chi connectivity index (χ2n) is 5.92. The highest BCUT2D eigenvalue weighted by molar-refractivity contribution is 7.22.